The van der Waals surface area contributed by atoms with Crippen molar-refractivity contribution in [2.75, 3.05) is 11.5 Å². The summed E-state index contributed by atoms with van der Waals surface area (Å²) in [5.74, 6) is 2.12. The second-order valence-corrected chi connectivity index (χ2v) is 9.28. The number of aliphatic imine (C=N–C) groups is 2. The number of hydrogen-bond acceptors (Lipinski definition) is 4. The first-order chi connectivity index (χ1) is 14.1. The van der Waals surface area contributed by atoms with Crippen molar-refractivity contribution in [3.05, 3.63) is 98.3 Å². The van der Waals surface area contributed by atoms with Gasteiger partial charge in [0, 0.05) is 41.0 Å². The van der Waals surface area contributed by atoms with Crippen LogP contribution in [-0.4, -0.2) is 21.6 Å². The number of benzene rings is 3. The molecule has 3 aromatic carbocycles. The van der Waals surface area contributed by atoms with Crippen molar-refractivity contribution in [2.24, 2.45) is 9.98 Å². The van der Waals surface area contributed by atoms with Gasteiger partial charge in [-0.1, -0.05) is 66.7 Å². The minimum Gasteiger partial charge on any atom is -0.358 e. The van der Waals surface area contributed by atoms with Gasteiger partial charge in [0.15, 0.2) is 0 Å². The molecule has 0 spiro atoms. The summed E-state index contributed by atoms with van der Waals surface area (Å²) in [5, 5.41) is 2.05. The molecule has 0 aliphatic carbocycles. The van der Waals surface area contributed by atoms with Crippen LogP contribution in [0.2, 0.25) is 0 Å². The SMILES string of the molecule is Cc1cccc(C)c1N=C1SCCSC1=Nc1c(C)cccc1-c1ccccc1.[CH3+].[CH3-].[Ni]. The molecular formula is C27H30N2NiS2. The van der Waals surface area contributed by atoms with Crippen LogP contribution in [0.3, 0.4) is 0 Å². The van der Waals surface area contributed by atoms with Crippen molar-refractivity contribution in [1.82, 2.24) is 0 Å². The number of aryl methyl sites for hydroxylation is 3. The Kier molecular flexibility index (Phi) is 11.4. The van der Waals surface area contributed by atoms with Gasteiger partial charge in [0.05, 0.1) is 11.4 Å². The first-order valence-corrected chi connectivity index (χ1v) is 11.7. The van der Waals surface area contributed by atoms with Crippen molar-refractivity contribution < 1.29 is 16.5 Å². The second-order valence-electron chi connectivity index (χ2n) is 7.11. The maximum Gasteiger partial charge on any atom is 0.129 e. The van der Waals surface area contributed by atoms with Gasteiger partial charge in [-0.3, -0.25) is 0 Å². The first-order valence-electron chi connectivity index (χ1n) is 9.78. The number of nitrogens with zero attached hydrogens (tertiary/aromatic N) is 2. The Hall–Kier alpha value is -1.94. The summed E-state index contributed by atoms with van der Waals surface area (Å²) in [6, 6.07) is 23.2. The molecule has 1 saturated heterocycles. The van der Waals surface area contributed by atoms with Crippen molar-refractivity contribution in [3.63, 3.8) is 0 Å². The van der Waals surface area contributed by atoms with Gasteiger partial charge in [-0.15, -0.1) is 23.5 Å². The fraction of sp³-hybridized carbons (Fsp3) is 0.185. The molecule has 1 fully saturated rings. The van der Waals surface area contributed by atoms with E-state index in [9.17, 15) is 0 Å². The van der Waals surface area contributed by atoms with Crippen molar-refractivity contribution >= 4 is 45.0 Å². The van der Waals surface area contributed by atoms with Gasteiger partial charge < -0.3 is 7.43 Å². The minimum atomic E-state index is 0. The van der Waals surface area contributed by atoms with E-state index >= 15 is 0 Å². The molecule has 1 aliphatic heterocycles. The summed E-state index contributed by atoms with van der Waals surface area (Å²) in [6.45, 7) is 6.38. The van der Waals surface area contributed by atoms with E-state index in [4.69, 9.17) is 9.98 Å². The van der Waals surface area contributed by atoms with Crippen LogP contribution in [-0.2, 0) is 16.5 Å². The zero-order chi connectivity index (χ0) is 20.2. The molecular weight excluding hydrogens is 475 g/mol. The molecule has 4 rings (SSSR count). The zero-order valence-electron chi connectivity index (χ0n) is 19.3. The average Bonchev–Trinajstić information content (AvgIpc) is 2.74. The molecule has 0 unspecified atom stereocenters. The predicted octanol–water partition coefficient (Wildman–Crippen LogP) is 8.42. The summed E-state index contributed by atoms with van der Waals surface area (Å²) in [4.78, 5) is 10.2. The van der Waals surface area contributed by atoms with Crippen LogP contribution in [0.5, 0.6) is 0 Å². The van der Waals surface area contributed by atoms with Gasteiger partial charge in [-0.2, -0.15) is 0 Å². The Balaban J connectivity index is 0.00000171. The van der Waals surface area contributed by atoms with Crippen LogP contribution in [0.15, 0.2) is 76.7 Å². The maximum absolute atomic E-state index is 5.16. The van der Waals surface area contributed by atoms with Crippen molar-refractivity contribution in [2.45, 2.75) is 20.8 Å². The van der Waals surface area contributed by atoms with Crippen molar-refractivity contribution in [3.8, 4) is 11.1 Å². The molecule has 0 N–H and O–H groups in total. The standard InChI is InChI=1S/C25H24N2S2.2CH3.Ni/c1-17-9-7-10-18(2)22(17)26-24-25(29-16-15-28-24)27-23-19(3)11-8-14-21(23)20-12-5-4-6-13-20;;;/h4-14H,15-16H2,1-3H3;2*1H3;/q;-1;+1;. The third-order valence-electron chi connectivity index (χ3n) is 4.93. The minimum absolute atomic E-state index is 0. The van der Waals surface area contributed by atoms with Gasteiger partial charge in [0.2, 0.25) is 0 Å². The third-order valence-corrected chi connectivity index (χ3v) is 7.25. The molecule has 0 amide bonds. The molecule has 3 aromatic rings. The topological polar surface area (TPSA) is 24.7 Å². The predicted molar refractivity (Wildman–Crippen MR) is 144 cm³/mol. The molecule has 2 nitrogen and oxygen atoms in total. The average molecular weight is 505 g/mol. The van der Waals surface area contributed by atoms with E-state index in [1.165, 1.54) is 27.8 Å². The van der Waals surface area contributed by atoms with E-state index in [0.29, 0.717) is 0 Å². The van der Waals surface area contributed by atoms with Crippen LogP contribution in [0.25, 0.3) is 11.1 Å². The summed E-state index contributed by atoms with van der Waals surface area (Å²) < 4.78 is 0. The quantitative estimate of drug-likeness (QED) is 0.264. The van der Waals surface area contributed by atoms with E-state index in [1.807, 2.05) is 29.6 Å². The number of thioether (sulfide) groups is 2. The Labute approximate surface area is 212 Å². The van der Waals surface area contributed by atoms with E-state index in [2.05, 4.69) is 81.4 Å². The van der Waals surface area contributed by atoms with E-state index in [-0.39, 0.29) is 31.3 Å². The second kappa shape index (κ2) is 12.9. The van der Waals surface area contributed by atoms with Gasteiger partial charge in [-0.05, 0) is 43.0 Å². The molecule has 5 heteroatoms. The Morgan fingerprint density at radius 2 is 1.09 bits per heavy atom. The molecule has 1 aliphatic rings. The first kappa shape index (κ1) is 28.1. The molecule has 0 radical (unpaired) electrons. The number of hydrogen-bond donors (Lipinski definition) is 0. The van der Waals surface area contributed by atoms with Crippen LogP contribution in [0, 0.1) is 35.6 Å². The van der Waals surface area contributed by atoms with E-state index in [1.54, 1.807) is 0 Å². The van der Waals surface area contributed by atoms with Gasteiger partial charge >= 0.3 is 0 Å². The van der Waals surface area contributed by atoms with Crippen LogP contribution >= 0.6 is 23.5 Å². The van der Waals surface area contributed by atoms with Crippen LogP contribution < -0.4 is 0 Å². The molecule has 0 aromatic heterocycles. The van der Waals surface area contributed by atoms with Gasteiger partial charge in [0.25, 0.3) is 0 Å². The molecule has 0 saturated carbocycles. The number of para-hydroxylation sites is 2. The van der Waals surface area contributed by atoms with Crippen LogP contribution in [0.1, 0.15) is 16.7 Å². The summed E-state index contributed by atoms with van der Waals surface area (Å²) in [7, 11) is 0. The van der Waals surface area contributed by atoms with E-state index < -0.39 is 0 Å². The van der Waals surface area contributed by atoms with E-state index in [0.717, 1.165) is 33.0 Å². The Bertz CT molecular complexity index is 1070. The summed E-state index contributed by atoms with van der Waals surface area (Å²) >= 11 is 3.62. The third kappa shape index (κ3) is 6.31. The van der Waals surface area contributed by atoms with Crippen LogP contribution in [0.4, 0.5) is 11.4 Å². The Morgan fingerprint density at radius 1 is 0.625 bits per heavy atom. The largest absolute Gasteiger partial charge is 0.358 e. The molecule has 0 bridgehead atoms. The smallest absolute Gasteiger partial charge is 0.129 e. The van der Waals surface area contributed by atoms with Crippen molar-refractivity contribution in [1.29, 1.82) is 0 Å². The fourth-order valence-electron chi connectivity index (χ4n) is 3.40. The summed E-state index contributed by atoms with van der Waals surface area (Å²) in [5.41, 5.74) is 8.05. The molecule has 170 valence electrons. The summed E-state index contributed by atoms with van der Waals surface area (Å²) in [6.07, 6.45) is 0. The fourth-order valence-corrected chi connectivity index (χ4v) is 5.46. The maximum atomic E-state index is 5.16. The van der Waals surface area contributed by atoms with Gasteiger partial charge in [-0.25, -0.2) is 9.98 Å². The molecule has 32 heavy (non-hydrogen) atoms. The molecule has 1 heterocycles. The Morgan fingerprint density at radius 3 is 1.66 bits per heavy atom. The molecule has 0 atom stereocenters. The van der Waals surface area contributed by atoms with Gasteiger partial charge in [0.1, 0.15) is 10.1 Å². The normalized spacial score (nSPS) is 15.5. The number of rotatable bonds is 3. The monoisotopic (exact) mass is 504 g/mol. The zero-order valence-corrected chi connectivity index (χ0v) is 21.9.